The first-order valence-electron chi connectivity index (χ1n) is 6.61. The number of hydrogen-bond acceptors (Lipinski definition) is 4. The quantitative estimate of drug-likeness (QED) is 0.816. The normalized spacial score (nSPS) is 20.1. The van der Waals surface area contributed by atoms with Gasteiger partial charge in [0.05, 0.1) is 17.4 Å². The van der Waals surface area contributed by atoms with Crippen molar-refractivity contribution >= 4 is 17.3 Å². The first kappa shape index (κ1) is 13.7. The largest absolute Gasteiger partial charge is 0.478 e. The van der Waals surface area contributed by atoms with Crippen molar-refractivity contribution in [1.29, 1.82) is 0 Å². The molecule has 5 heteroatoms. The molecule has 0 bridgehead atoms. The molecule has 0 aliphatic carbocycles. The molecule has 1 unspecified atom stereocenters. The van der Waals surface area contributed by atoms with E-state index < -0.39 is 5.97 Å². The van der Waals surface area contributed by atoms with Gasteiger partial charge in [0.2, 0.25) is 0 Å². The molecule has 1 aliphatic heterocycles. The number of carboxylic acids is 1. The first-order valence-corrected chi connectivity index (χ1v) is 6.61. The number of rotatable bonds is 3. The molecule has 2 rings (SSSR count). The zero-order valence-electron chi connectivity index (χ0n) is 11.1. The maximum Gasteiger partial charge on any atom is 0.337 e. The van der Waals surface area contributed by atoms with Gasteiger partial charge in [0, 0.05) is 25.4 Å². The molecule has 1 fully saturated rings. The van der Waals surface area contributed by atoms with E-state index in [0.29, 0.717) is 5.69 Å². The molecule has 104 valence electrons. The predicted octanol–water partition coefficient (Wildman–Crippen LogP) is 1.97. The van der Waals surface area contributed by atoms with Crippen LogP contribution in [-0.2, 0) is 4.74 Å². The maximum atomic E-state index is 11.3. The molecule has 19 heavy (non-hydrogen) atoms. The highest BCUT2D eigenvalue weighted by atomic mass is 16.5. The van der Waals surface area contributed by atoms with E-state index in [1.54, 1.807) is 12.1 Å². The number of anilines is 2. The maximum absolute atomic E-state index is 11.3. The van der Waals surface area contributed by atoms with Crippen molar-refractivity contribution in [2.75, 3.05) is 30.3 Å². The van der Waals surface area contributed by atoms with E-state index in [0.717, 1.165) is 38.2 Å². The van der Waals surface area contributed by atoms with Crippen LogP contribution in [0.15, 0.2) is 18.2 Å². The van der Waals surface area contributed by atoms with E-state index in [4.69, 9.17) is 10.5 Å². The number of nitrogens with two attached hydrogens (primary N) is 1. The Morgan fingerprint density at radius 3 is 3.05 bits per heavy atom. The van der Waals surface area contributed by atoms with Gasteiger partial charge in [-0.15, -0.1) is 0 Å². The second kappa shape index (κ2) is 5.93. The Bertz CT molecular complexity index is 462. The monoisotopic (exact) mass is 264 g/mol. The van der Waals surface area contributed by atoms with Gasteiger partial charge in [-0.25, -0.2) is 4.79 Å². The van der Waals surface area contributed by atoms with Crippen LogP contribution in [0.3, 0.4) is 0 Å². The number of benzene rings is 1. The Morgan fingerprint density at radius 1 is 1.58 bits per heavy atom. The van der Waals surface area contributed by atoms with Crippen molar-refractivity contribution in [1.82, 2.24) is 0 Å². The Morgan fingerprint density at radius 2 is 2.37 bits per heavy atom. The summed E-state index contributed by atoms with van der Waals surface area (Å²) in [6, 6.07) is 5.05. The van der Waals surface area contributed by atoms with Crippen molar-refractivity contribution in [3.8, 4) is 0 Å². The van der Waals surface area contributed by atoms with Crippen LogP contribution in [-0.4, -0.2) is 36.9 Å². The standard InChI is InChI=1S/C14H20N2O3/c1-2-11-9-16(6-3-7-19-11)13-5-4-10(15)8-12(13)14(17)18/h4-5,8,11H,2-3,6-7,9,15H2,1H3,(H,17,18). The molecule has 1 aromatic carbocycles. The van der Waals surface area contributed by atoms with Crippen LogP contribution in [0.25, 0.3) is 0 Å². The van der Waals surface area contributed by atoms with Crippen molar-refractivity contribution in [2.45, 2.75) is 25.9 Å². The topological polar surface area (TPSA) is 75.8 Å². The highest BCUT2D eigenvalue weighted by Gasteiger charge is 2.21. The summed E-state index contributed by atoms with van der Waals surface area (Å²) in [6.45, 7) is 4.34. The van der Waals surface area contributed by atoms with Gasteiger partial charge in [0.1, 0.15) is 0 Å². The van der Waals surface area contributed by atoms with Crippen LogP contribution < -0.4 is 10.6 Å². The lowest BCUT2D eigenvalue weighted by Gasteiger charge is -2.26. The van der Waals surface area contributed by atoms with Crippen LogP contribution in [0.4, 0.5) is 11.4 Å². The lowest BCUT2D eigenvalue weighted by atomic mass is 10.1. The van der Waals surface area contributed by atoms with Crippen molar-refractivity contribution in [2.24, 2.45) is 0 Å². The second-order valence-corrected chi connectivity index (χ2v) is 4.78. The van der Waals surface area contributed by atoms with E-state index in [2.05, 4.69) is 11.8 Å². The molecule has 1 aliphatic rings. The highest BCUT2D eigenvalue weighted by molar-refractivity contribution is 5.95. The van der Waals surface area contributed by atoms with Gasteiger partial charge in [-0.1, -0.05) is 6.92 Å². The number of nitrogens with zero attached hydrogens (tertiary/aromatic N) is 1. The molecule has 1 saturated heterocycles. The Hall–Kier alpha value is -1.75. The summed E-state index contributed by atoms with van der Waals surface area (Å²) in [5, 5.41) is 9.30. The van der Waals surface area contributed by atoms with E-state index in [-0.39, 0.29) is 11.7 Å². The zero-order valence-corrected chi connectivity index (χ0v) is 11.1. The molecular weight excluding hydrogens is 244 g/mol. The molecule has 1 aromatic rings. The average molecular weight is 264 g/mol. The van der Waals surface area contributed by atoms with Gasteiger partial charge < -0.3 is 20.5 Å². The fourth-order valence-electron chi connectivity index (χ4n) is 2.36. The van der Waals surface area contributed by atoms with Crippen molar-refractivity contribution < 1.29 is 14.6 Å². The molecule has 0 radical (unpaired) electrons. The van der Waals surface area contributed by atoms with Gasteiger partial charge in [-0.05, 0) is 31.0 Å². The molecule has 5 nitrogen and oxygen atoms in total. The van der Waals surface area contributed by atoms with E-state index >= 15 is 0 Å². The van der Waals surface area contributed by atoms with Crippen LogP contribution in [0.5, 0.6) is 0 Å². The third-order valence-corrected chi connectivity index (χ3v) is 3.40. The molecule has 0 spiro atoms. The Kier molecular flexibility index (Phi) is 4.27. The fourth-order valence-corrected chi connectivity index (χ4v) is 2.36. The smallest absolute Gasteiger partial charge is 0.337 e. The minimum absolute atomic E-state index is 0.154. The minimum Gasteiger partial charge on any atom is -0.478 e. The molecule has 3 N–H and O–H groups in total. The van der Waals surface area contributed by atoms with Gasteiger partial charge >= 0.3 is 5.97 Å². The van der Waals surface area contributed by atoms with Crippen molar-refractivity contribution in [3.63, 3.8) is 0 Å². The summed E-state index contributed by atoms with van der Waals surface area (Å²) in [4.78, 5) is 13.4. The third-order valence-electron chi connectivity index (χ3n) is 3.40. The number of hydrogen-bond donors (Lipinski definition) is 2. The third kappa shape index (κ3) is 3.17. The minimum atomic E-state index is -0.944. The van der Waals surface area contributed by atoms with Crippen LogP contribution in [0.1, 0.15) is 30.1 Å². The average Bonchev–Trinajstić information content (AvgIpc) is 2.63. The summed E-state index contributed by atoms with van der Waals surface area (Å²) in [6.07, 6.45) is 1.98. The molecular formula is C14H20N2O3. The summed E-state index contributed by atoms with van der Waals surface area (Å²) in [7, 11) is 0. The van der Waals surface area contributed by atoms with Crippen molar-refractivity contribution in [3.05, 3.63) is 23.8 Å². The molecule has 1 heterocycles. The molecule has 1 atom stereocenters. The summed E-state index contributed by atoms with van der Waals surface area (Å²) < 4.78 is 5.71. The number of carboxylic acid groups (broad SMARTS) is 1. The summed E-state index contributed by atoms with van der Waals surface area (Å²) in [5.74, 6) is -0.944. The fraction of sp³-hybridized carbons (Fsp3) is 0.500. The van der Waals surface area contributed by atoms with Crippen LogP contribution >= 0.6 is 0 Å². The number of carbonyl (C=O) groups is 1. The Labute approximate surface area is 113 Å². The van der Waals surface area contributed by atoms with E-state index in [1.807, 2.05) is 0 Å². The second-order valence-electron chi connectivity index (χ2n) is 4.78. The van der Waals surface area contributed by atoms with Gasteiger partial charge in [-0.3, -0.25) is 0 Å². The zero-order chi connectivity index (χ0) is 13.8. The summed E-state index contributed by atoms with van der Waals surface area (Å²) in [5.41, 5.74) is 7.13. The SMILES string of the molecule is CCC1CN(c2ccc(N)cc2C(=O)O)CCCO1. The molecule has 0 amide bonds. The number of ether oxygens (including phenoxy) is 1. The predicted molar refractivity (Wildman–Crippen MR) is 74.7 cm³/mol. The first-order chi connectivity index (χ1) is 9.11. The van der Waals surface area contributed by atoms with Crippen LogP contribution in [0, 0.1) is 0 Å². The van der Waals surface area contributed by atoms with Gasteiger partial charge in [0.25, 0.3) is 0 Å². The Balaban J connectivity index is 2.31. The lowest BCUT2D eigenvalue weighted by molar-refractivity contribution is 0.0660. The number of aromatic carboxylic acids is 1. The van der Waals surface area contributed by atoms with Gasteiger partial charge in [-0.2, -0.15) is 0 Å². The lowest BCUT2D eigenvalue weighted by Crippen LogP contribution is -2.32. The van der Waals surface area contributed by atoms with E-state index in [1.165, 1.54) is 6.07 Å². The summed E-state index contributed by atoms with van der Waals surface area (Å²) >= 11 is 0. The number of nitrogen functional groups attached to an aromatic ring is 1. The van der Waals surface area contributed by atoms with Gasteiger partial charge in [0.15, 0.2) is 0 Å². The van der Waals surface area contributed by atoms with Crippen LogP contribution in [0.2, 0.25) is 0 Å². The van der Waals surface area contributed by atoms with E-state index in [9.17, 15) is 9.90 Å². The molecule has 0 saturated carbocycles. The highest BCUT2D eigenvalue weighted by Crippen LogP contribution is 2.25. The molecule has 0 aromatic heterocycles.